The van der Waals surface area contributed by atoms with Crippen LogP contribution in [0.25, 0.3) is 0 Å². The van der Waals surface area contributed by atoms with E-state index in [1.54, 1.807) is 6.20 Å². The molecule has 1 aromatic rings. The van der Waals surface area contributed by atoms with Gasteiger partial charge in [0.25, 0.3) is 0 Å². The molecule has 0 bridgehead atoms. The Bertz CT molecular complexity index is 491. The van der Waals surface area contributed by atoms with Gasteiger partial charge >= 0.3 is 0 Å². The molecule has 0 N–H and O–H groups in total. The first-order valence-corrected chi connectivity index (χ1v) is 7.09. The lowest BCUT2D eigenvalue weighted by atomic mass is 10.2. The van der Waals surface area contributed by atoms with E-state index >= 15 is 0 Å². The minimum absolute atomic E-state index is 0.0298. The van der Waals surface area contributed by atoms with Crippen molar-refractivity contribution in [3.63, 3.8) is 0 Å². The van der Waals surface area contributed by atoms with Gasteiger partial charge in [-0.25, -0.2) is 13.4 Å². The highest BCUT2D eigenvalue weighted by Crippen LogP contribution is 2.21. The first-order valence-electron chi connectivity index (χ1n) is 4.89. The van der Waals surface area contributed by atoms with E-state index in [9.17, 15) is 8.42 Å². The number of nitrogens with zero attached hydrogens (tertiary/aromatic N) is 3. The fourth-order valence-corrected chi connectivity index (χ4v) is 3.69. The van der Waals surface area contributed by atoms with Crippen LogP contribution in [0.2, 0.25) is 5.15 Å². The second kappa shape index (κ2) is 4.18. The lowest BCUT2D eigenvalue weighted by molar-refractivity contribution is 0.600. The molecule has 1 atom stereocenters. The Balaban J connectivity index is 2.17. The van der Waals surface area contributed by atoms with E-state index in [2.05, 4.69) is 9.97 Å². The van der Waals surface area contributed by atoms with Gasteiger partial charge in [-0.05, 0) is 6.42 Å². The Morgan fingerprint density at radius 3 is 2.81 bits per heavy atom. The van der Waals surface area contributed by atoms with Crippen LogP contribution in [0, 0.1) is 0 Å². The fourth-order valence-electron chi connectivity index (χ4n) is 1.77. The zero-order valence-electron chi connectivity index (χ0n) is 8.80. The number of anilines is 1. The van der Waals surface area contributed by atoms with E-state index in [-0.39, 0.29) is 17.5 Å². The molecule has 1 aliphatic heterocycles. The molecule has 0 aliphatic carbocycles. The summed E-state index contributed by atoms with van der Waals surface area (Å²) in [7, 11) is -1.07. The minimum atomic E-state index is -2.88. The first kappa shape index (κ1) is 11.6. The largest absolute Gasteiger partial charge is 0.354 e. The Kier molecular flexibility index (Phi) is 3.03. The van der Waals surface area contributed by atoms with Gasteiger partial charge in [0.2, 0.25) is 0 Å². The quantitative estimate of drug-likeness (QED) is 0.786. The van der Waals surface area contributed by atoms with Crippen LogP contribution in [0.3, 0.4) is 0 Å². The molecule has 0 saturated carbocycles. The van der Waals surface area contributed by atoms with Crippen molar-refractivity contribution in [1.82, 2.24) is 9.97 Å². The molecule has 2 rings (SSSR count). The molecule has 1 unspecified atom stereocenters. The van der Waals surface area contributed by atoms with E-state index in [1.807, 2.05) is 11.9 Å². The molecule has 0 amide bonds. The number of hydrogen-bond acceptors (Lipinski definition) is 5. The zero-order chi connectivity index (χ0) is 11.8. The minimum Gasteiger partial charge on any atom is -0.354 e. The Labute approximate surface area is 99.4 Å². The summed E-state index contributed by atoms with van der Waals surface area (Å²) < 4.78 is 22.7. The van der Waals surface area contributed by atoms with Crippen LogP contribution >= 0.6 is 11.6 Å². The fraction of sp³-hybridized carbons (Fsp3) is 0.556. The standard InChI is InChI=1S/C9H12ClN3O2S/c1-13(7-2-3-16(14,15)6-7)9-5-11-4-8(10)12-9/h4-5,7H,2-3,6H2,1H3. The summed E-state index contributed by atoms with van der Waals surface area (Å²) >= 11 is 5.73. The maximum atomic E-state index is 11.4. The summed E-state index contributed by atoms with van der Waals surface area (Å²) in [4.78, 5) is 9.85. The third kappa shape index (κ3) is 2.44. The average molecular weight is 262 g/mol. The molecule has 2 heterocycles. The monoisotopic (exact) mass is 261 g/mol. The van der Waals surface area contributed by atoms with Crippen molar-refractivity contribution >= 4 is 27.3 Å². The van der Waals surface area contributed by atoms with Gasteiger partial charge in [-0.2, -0.15) is 0 Å². The summed E-state index contributed by atoms with van der Waals surface area (Å²) in [5, 5.41) is 0.310. The second-order valence-corrected chi connectivity index (χ2v) is 6.48. The lowest BCUT2D eigenvalue weighted by Crippen LogP contribution is -2.33. The summed E-state index contributed by atoms with van der Waals surface area (Å²) in [6.07, 6.45) is 3.66. The molecular weight excluding hydrogens is 250 g/mol. The predicted octanol–water partition coefficient (Wildman–Crippen LogP) is 0.753. The SMILES string of the molecule is CN(c1cncc(Cl)n1)C1CCS(=O)(=O)C1. The highest BCUT2D eigenvalue weighted by atomic mass is 35.5. The third-order valence-corrected chi connectivity index (χ3v) is 4.64. The molecule has 1 aromatic heterocycles. The zero-order valence-corrected chi connectivity index (χ0v) is 10.4. The lowest BCUT2D eigenvalue weighted by Gasteiger charge is -2.23. The summed E-state index contributed by atoms with van der Waals surface area (Å²) in [6, 6.07) is -0.0298. The van der Waals surface area contributed by atoms with Crippen molar-refractivity contribution in [1.29, 1.82) is 0 Å². The van der Waals surface area contributed by atoms with E-state index in [0.717, 1.165) is 0 Å². The van der Waals surface area contributed by atoms with E-state index in [4.69, 9.17) is 11.6 Å². The van der Waals surface area contributed by atoms with Gasteiger partial charge < -0.3 is 4.90 Å². The topological polar surface area (TPSA) is 63.2 Å². The molecule has 1 saturated heterocycles. The molecule has 0 radical (unpaired) electrons. The Hall–Kier alpha value is -0.880. The van der Waals surface area contributed by atoms with Crippen LogP contribution in [0.4, 0.5) is 5.82 Å². The maximum absolute atomic E-state index is 11.4. The van der Waals surface area contributed by atoms with Crippen LogP contribution in [0.15, 0.2) is 12.4 Å². The van der Waals surface area contributed by atoms with Gasteiger partial charge in [-0.15, -0.1) is 0 Å². The van der Waals surface area contributed by atoms with Crippen molar-refractivity contribution in [3.8, 4) is 0 Å². The van der Waals surface area contributed by atoms with Crippen molar-refractivity contribution in [2.24, 2.45) is 0 Å². The molecule has 0 spiro atoms. The van der Waals surface area contributed by atoms with Gasteiger partial charge in [-0.3, -0.25) is 4.98 Å². The number of halogens is 1. The van der Waals surface area contributed by atoms with Gasteiger partial charge in [0.1, 0.15) is 11.0 Å². The van der Waals surface area contributed by atoms with Crippen LogP contribution in [-0.4, -0.2) is 43.0 Å². The predicted molar refractivity (Wildman–Crippen MR) is 62.5 cm³/mol. The van der Waals surface area contributed by atoms with Gasteiger partial charge in [0.15, 0.2) is 9.84 Å². The van der Waals surface area contributed by atoms with Crippen molar-refractivity contribution in [2.75, 3.05) is 23.5 Å². The number of aromatic nitrogens is 2. The van der Waals surface area contributed by atoms with Gasteiger partial charge in [-0.1, -0.05) is 11.6 Å². The van der Waals surface area contributed by atoms with Crippen LogP contribution < -0.4 is 4.90 Å². The highest BCUT2D eigenvalue weighted by Gasteiger charge is 2.31. The van der Waals surface area contributed by atoms with Crippen molar-refractivity contribution in [3.05, 3.63) is 17.5 Å². The molecule has 5 nitrogen and oxygen atoms in total. The van der Waals surface area contributed by atoms with E-state index < -0.39 is 9.84 Å². The van der Waals surface area contributed by atoms with Crippen molar-refractivity contribution in [2.45, 2.75) is 12.5 Å². The summed E-state index contributed by atoms with van der Waals surface area (Å²) in [6.45, 7) is 0. The molecule has 1 fully saturated rings. The van der Waals surface area contributed by atoms with Crippen LogP contribution in [-0.2, 0) is 9.84 Å². The third-order valence-electron chi connectivity index (χ3n) is 2.71. The van der Waals surface area contributed by atoms with Gasteiger partial charge in [0, 0.05) is 13.1 Å². The van der Waals surface area contributed by atoms with Crippen LogP contribution in [0.5, 0.6) is 0 Å². The van der Waals surface area contributed by atoms with Crippen LogP contribution in [0.1, 0.15) is 6.42 Å². The van der Waals surface area contributed by atoms with E-state index in [1.165, 1.54) is 6.20 Å². The molecule has 1 aliphatic rings. The highest BCUT2D eigenvalue weighted by molar-refractivity contribution is 7.91. The first-order chi connectivity index (χ1) is 7.48. The second-order valence-electron chi connectivity index (χ2n) is 3.87. The van der Waals surface area contributed by atoms with E-state index in [0.29, 0.717) is 17.4 Å². The summed E-state index contributed by atoms with van der Waals surface area (Å²) in [5.41, 5.74) is 0. The molecular formula is C9H12ClN3O2S. The number of rotatable bonds is 2. The van der Waals surface area contributed by atoms with Gasteiger partial charge in [0.05, 0.1) is 23.9 Å². The number of sulfone groups is 1. The average Bonchev–Trinajstić information content (AvgIpc) is 2.58. The Morgan fingerprint density at radius 2 is 2.25 bits per heavy atom. The molecule has 16 heavy (non-hydrogen) atoms. The Morgan fingerprint density at radius 1 is 1.50 bits per heavy atom. The van der Waals surface area contributed by atoms with Crippen molar-refractivity contribution < 1.29 is 8.42 Å². The maximum Gasteiger partial charge on any atom is 0.152 e. The normalized spacial score (nSPS) is 23.2. The molecule has 0 aromatic carbocycles. The molecule has 88 valence electrons. The smallest absolute Gasteiger partial charge is 0.152 e. The number of hydrogen-bond donors (Lipinski definition) is 0. The molecule has 7 heteroatoms. The summed E-state index contributed by atoms with van der Waals surface area (Å²) in [5.74, 6) is 1.03.